The van der Waals surface area contributed by atoms with Gasteiger partial charge in [-0.15, -0.1) is 0 Å². The van der Waals surface area contributed by atoms with Gasteiger partial charge in [-0.2, -0.15) is 0 Å². The molecule has 0 spiro atoms. The Kier molecular flexibility index (Phi) is 6.48. The second-order valence-corrected chi connectivity index (χ2v) is 7.39. The topological polar surface area (TPSA) is 55.7 Å². The van der Waals surface area contributed by atoms with E-state index in [1.54, 1.807) is 6.33 Å². The summed E-state index contributed by atoms with van der Waals surface area (Å²) in [6.07, 6.45) is 9.26. The van der Waals surface area contributed by atoms with Crippen molar-refractivity contribution >= 4 is 11.6 Å². The van der Waals surface area contributed by atoms with E-state index in [1.165, 1.54) is 32.1 Å². The summed E-state index contributed by atoms with van der Waals surface area (Å²) in [6, 6.07) is 3.22. The summed E-state index contributed by atoms with van der Waals surface area (Å²) < 4.78 is 0. The van der Waals surface area contributed by atoms with Gasteiger partial charge in [-0.1, -0.05) is 19.3 Å². The highest BCUT2D eigenvalue weighted by Gasteiger charge is 2.32. The summed E-state index contributed by atoms with van der Waals surface area (Å²) in [5.74, 6) is 1.98. The molecule has 1 saturated carbocycles. The van der Waals surface area contributed by atoms with Crippen molar-refractivity contribution in [3.8, 4) is 0 Å². The quantitative estimate of drug-likeness (QED) is 0.851. The van der Waals surface area contributed by atoms with E-state index in [4.69, 9.17) is 0 Å². The predicted molar refractivity (Wildman–Crippen MR) is 102 cm³/mol. The highest BCUT2D eigenvalue weighted by Crippen LogP contribution is 2.28. The molecule has 0 bridgehead atoms. The van der Waals surface area contributed by atoms with Gasteiger partial charge in [0.15, 0.2) is 0 Å². The smallest absolute Gasteiger partial charge is 0.134 e. The first-order chi connectivity index (χ1) is 12.2. The first kappa shape index (κ1) is 18.4. The molecule has 2 heterocycles. The van der Waals surface area contributed by atoms with Crippen molar-refractivity contribution in [1.82, 2.24) is 14.9 Å². The Morgan fingerprint density at radius 2 is 2.00 bits per heavy atom. The lowest BCUT2D eigenvalue weighted by atomic mass is 9.92. The number of anilines is 2. The van der Waals surface area contributed by atoms with Crippen LogP contribution in [0, 0.1) is 0 Å². The first-order valence-corrected chi connectivity index (χ1v) is 9.87. The fourth-order valence-electron chi connectivity index (χ4n) is 4.26. The average molecular weight is 348 g/mol. The van der Waals surface area contributed by atoms with Crippen LogP contribution >= 0.6 is 0 Å². The van der Waals surface area contributed by atoms with E-state index in [0.29, 0.717) is 12.1 Å². The lowest BCUT2D eigenvalue weighted by Gasteiger charge is -2.46. The lowest BCUT2D eigenvalue weighted by Crippen LogP contribution is -2.57. The van der Waals surface area contributed by atoms with Crippen LogP contribution in [0.5, 0.6) is 0 Å². The average Bonchev–Trinajstić information content (AvgIpc) is 2.68. The van der Waals surface area contributed by atoms with Crippen LogP contribution in [-0.2, 0) is 0 Å². The normalized spacial score (nSPS) is 23.0. The van der Waals surface area contributed by atoms with Gasteiger partial charge in [0, 0.05) is 58.0 Å². The molecule has 2 fully saturated rings. The molecule has 1 aliphatic carbocycles. The van der Waals surface area contributed by atoms with Crippen molar-refractivity contribution in [1.29, 1.82) is 0 Å². The monoisotopic (exact) mass is 347 g/mol. The van der Waals surface area contributed by atoms with Crippen LogP contribution in [0.2, 0.25) is 0 Å². The van der Waals surface area contributed by atoms with Gasteiger partial charge in [0.05, 0.1) is 0 Å². The van der Waals surface area contributed by atoms with Crippen molar-refractivity contribution in [2.75, 3.05) is 49.6 Å². The van der Waals surface area contributed by atoms with E-state index in [2.05, 4.69) is 44.7 Å². The molecule has 0 aromatic carbocycles. The summed E-state index contributed by atoms with van der Waals surface area (Å²) in [6.45, 7) is 6.34. The molecule has 1 atom stereocenters. The molecular formula is C19H33N5O. The second-order valence-electron chi connectivity index (χ2n) is 7.39. The summed E-state index contributed by atoms with van der Waals surface area (Å²) >= 11 is 0. The molecule has 0 unspecified atom stereocenters. The highest BCUT2D eigenvalue weighted by molar-refractivity contribution is 5.50. The van der Waals surface area contributed by atoms with E-state index in [9.17, 15) is 5.11 Å². The molecule has 1 aliphatic heterocycles. The van der Waals surface area contributed by atoms with Gasteiger partial charge < -0.3 is 14.9 Å². The van der Waals surface area contributed by atoms with Crippen LogP contribution in [0.3, 0.4) is 0 Å². The third-order valence-corrected chi connectivity index (χ3v) is 5.86. The van der Waals surface area contributed by atoms with Gasteiger partial charge in [-0.05, 0) is 26.2 Å². The number of hydrogen-bond acceptors (Lipinski definition) is 6. The van der Waals surface area contributed by atoms with Crippen LogP contribution in [0.15, 0.2) is 12.4 Å². The Bertz CT molecular complexity index is 534. The summed E-state index contributed by atoms with van der Waals surface area (Å²) in [5.41, 5.74) is 0. The van der Waals surface area contributed by atoms with Crippen LogP contribution in [-0.4, -0.2) is 71.9 Å². The molecule has 1 aromatic rings. The Morgan fingerprint density at radius 3 is 2.72 bits per heavy atom. The van der Waals surface area contributed by atoms with Crippen molar-refractivity contribution in [2.24, 2.45) is 0 Å². The SMILES string of the molecule is CCN(C)c1cc(N2CCN(C3CCCCC3)[C@@H](CCO)C2)ncn1. The summed E-state index contributed by atoms with van der Waals surface area (Å²) in [7, 11) is 2.06. The van der Waals surface area contributed by atoms with Gasteiger partial charge in [0.25, 0.3) is 0 Å². The number of piperazine rings is 1. The lowest BCUT2D eigenvalue weighted by molar-refractivity contribution is 0.0756. The predicted octanol–water partition coefficient (Wildman–Crippen LogP) is 2.14. The minimum absolute atomic E-state index is 0.259. The fourth-order valence-corrected chi connectivity index (χ4v) is 4.26. The Morgan fingerprint density at radius 1 is 1.20 bits per heavy atom. The van der Waals surface area contributed by atoms with E-state index in [0.717, 1.165) is 44.2 Å². The number of hydrogen-bond donors (Lipinski definition) is 1. The molecule has 0 amide bonds. The third kappa shape index (κ3) is 4.42. The fraction of sp³-hybridized carbons (Fsp3) is 0.789. The number of aliphatic hydroxyl groups is 1. The van der Waals surface area contributed by atoms with Gasteiger partial charge in [-0.25, -0.2) is 9.97 Å². The highest BCUT2D eigenvalue weighted by atomic mass is 16.3. The molecule has 1 N–H and O–H groups in total. The summed E-state index contributed by atoms with van der Waals surface area (Å²) in [4.78, 5) is 16.1. The van der Waals surface area contributed by atoms with Crippen LogP contribution in [0.1, 0.15) is 45.4 Å². The maximum atomic E-state index is 9.56. The van der Waals surface area contributed by atoms with Crippen molar-refractivity contribution < 1.29 is 5.11 Å². The van der Waals surface area contributed by atoms with E-state index in [-0.39, 0.29) is 6.61 Å². The standard InChI is InChI=1S/C19H33N5O/c1-3-22(2)18-13-19(21-15-20-18)23-10-11-24(17(14-23)9-12-25)16-7-5-4-6-8-16/h13,15-17,25H,3-12,14H2,1-2H3/t17-/m0/s1. The molecule has 2 aliphatic rings. The zero-order valence-electron chi connectivity index (χ0n) is 15.8. The van der Waals surface area contributed by atoms with Gasteiger partial charge >= 0.3 is 0 Å². The maximum absolute atomic E-state index is 9.56. The zero-order valence-corrected chi connectivity index (χ0v) is 15.8. The number of aromatic nitrogens is 2. The Balaban J connectivity index is 1.70. The van der Waals surface area contributed by atoms with E-state index in [1.807, 2.05) is 0 Å². The minimum atomic E-state index is 0.259. The van der Waals surface area contributed by atoms with Crippen molar-refractivity contribution in [3.63, 3.8) is 0 Å². The molecule has 6 nitrogen and oxygen atoms in total. The Hall–Kier alpha value is -1.40. The minimum Gasteiger partial charge on any atom is -0.396 e. The van der Waals surface area contributed by atoms with Gasteiger partial charge in [0.2, 0.25) is 0 Å². The van der Waals surface area contributed by atoms with Crippen LogP contribution < -0.4 is 9.80 Å². The largest absolute Gasteiger partial charge is 0.396 e. The third-order valence-electron chi connectivity index (χ3n) is 5.86. The van der Waals surface area contributed by atoms with Crippen molar-refractivity contribution in [2.45, 2.75) is 57.5 Å². The molecule has 3 rings (SSSR count). The zero-order chi connectivity index (χ0) is 17.6. The van der Waals surface area contributed by atoms with E-state index < -0.39 is 0 Å². The van der Waals surface area contributed by atoms with Crippen LogP contribution in [0.4, 0.5) is 11.6 Å². The molecule has 0 radical (unpaired) electrons. The first-order valence-electron chi connectivity index (χ1n) is 9.87. The van der Waals surface area contributed by atoms with Crippen molar-refractivity contribution in [3.05, 3.63) is 12.4 Å². The maximum Gasteiger partial charge on any atom is 0.134 e. The molecule has 140 valence electrons. The molecule has 1 saturated heterocycles. The molecular weight excluding hydrogens is 314 g/mol. The van der Waals surface area contributed by atoms with E-state index >= 15 is 0 Å². The number of aliphatic hydroxyl groups excluding tert-OH is 1. The van der Waals surface area contributed by atoms with Crippen LogP contribution in [0.25, 0.3) is 0 Å². The molecule has 6 heteroatoms. The molecule has 1 aromatic heterocycles. The molecule has 25 heavy (non-hydrogen) atoms. The van der Waals surface area contributed by atoms with Gasteiger partial charge in [-0.3, -0.25) is 4.90 Å². The number of nitrogens with zero attached hydrogens (tertiary/aromatic N) is 5. The second kappa shape index (κ2) is 8.81. The van der Waals surface area contributed by atoms with Gasteiger partial charge in [0.1, 0.15) is 18.0 Å². The Labute approximate surface area is 151 Å². The summed E-state index contributed by atoms with van der Waals surface area (Å²) in [5, 5.41) is 9.56. The number of rotatable bonds is 6.